The van der Waals surface area contributed by atoms with E-state index in [-0.39, 0.29) is 16.6 Å². The van der Waals surface area contributed by atoms with Gasteiger partial charge in [-0.2, -0.15) is 4.72 Å². The van der Waals surface area contributed by atoms with Crippen LogP contribution in [0.15, 0.2) is 47.4 Å². The predicted molar refractivity (Wildman–Crippen MR) is 93.4 cm³/mol. The zero-order valence-corrected chi connectivity index (χ0v) is 14.8. The standard InChI is InChI=1S/C18H19FN2O3S/c1-12-3-8-17(13(2)11-12)25(23,24)20-16-9-10-21(18(16)22)15-6-4-14(19)5-7-15/h3-8,11,16,20H,9-10H2,1-2H3/t16-/m1/s1. The van der Waals surface area contributed by atoms with Crippen molar-refractivity contribution < 1.29 is 17.6 Å². The Labute approximate surface area is 146 Å². The average Bonchev–Trinajstić information content (AvgIpc) is 2.88. The third-order valence-corrected chi connectivity index (χ3v) is 5.89. The van der Waals surface area contributed by atoms with Crippen molar-refractivity contribution in [1.29, 1.82) is 0 Å². The molecule has 1 atom stereocenters. The molecule has 5 nitrogen and oxygen atoms in total. The van der Waals surface area contributed by atoms with Crippen LogP contribution in [0.3, 0.4) is 0 Å². The number of hydrogen-bond acceptors (Lipinski definition) is 3. The minimum atomic E-state index is -3.79. The summed E-state index contributed by atoms with van der Waals surface area (Å²) in [5.41, 5.74) is 2.16. The van der Waals surface area contributed by atoms with Crippen LogP contribution in [0.1, 0.15) is 17.5 Å². The second kappa shape index (κ2) is 6.57. The van der Waals surface area contributed by atoms with E-state index in [0.717, 1.165) is 5.56 Å². The molecule has 3 rings (SSSR count). The first-order valence-electron chi connectivity index (χ1n) is 7.94. The summed E-state index contributed by atoms with van der Waals surface area (Å²) in [6.07, 6.45) is 0.361. The van der Waals surface area contributed by atoms with Crippen LogP contribution < -0.4 is 9.62 Å². The normalized spacial score (nSPS) is 18.0. The molecule has 132 valence electrons. The Balaban J connectivity index is 1.79. The van der Waals surface area contributed by atoms with Gasteiger partial charge >= 0.3 is 0 Å². The smallest absolute Gasteiger partial charge is 0.245 e. The third kappa shape index (κ3) is 3.57. The molecule has 1 fully saturated rings. The highest BCUT2D eigenvalue weighted by atomic mass is 32.2. The zero-order valence-electron chi connectivity index (χ0n) is 14.0. The summed E-state index contributed by atoms with van der Waals surface area (Å²) in [6, 6.07) is 9.80. The minimum absolute atomic E-state index is 0.172. The number of anilines is 1. The zero-order chi connectivity index (χ0) is 18.2. The van der Waals surface area contributed by atoms with Gasteiger partial charge in [0.25, 0.3) is 0 Å². The number of hydrogen-bond donors (Lipinski definition) is 1. The average molecular weight is 362 g/mol. The van der Waals surface area contributed by atoms with Crippen molar-refractivity contribution in [2.24, 2.45) is 0 Å². The molecule has 1 saturated heterocycles. The minimum Gasteiger partial charge on any atom is -0.311 e. The summed E-state index contributed by atoms with van der Waals surface area (Å²) in [5.74, 6) is -0.720. The molecule has 0 spiro atoms. The largest absolute Gasteiger partial charge is 0.311 e. The van der Waals surface area contributed by atoms with Crippen molar-refractivity contribution in [3.63, 3.8) is 0 Å². The van der Waals surface area contributed by atoms with Gasteiger partial charge in [-0.15, -0.1) is 0 Å². The molecule has 0 saturated carbocycles. The number of aryl methyl sites for hydroxylation is 2. The topological polar surface area (TPSA) is 66.5 Å². The fourth-order valence-electron chi connectivity index (χ4n) is 3.02. The number of rotatable bonds is 4. The lowest BCUT2D eigenvalue weighted by molar-refractivity contribution is -0.118. The molecule has 1 N–H and O–H groups in total. The maximum absolute atomic E-state index is 13.0. The Kier molecular flexibility index (Phi) is 4.62. The number of amides is 1. The molecule has 0 radical (unpaired) electrons. The van der Waals surface area contributed by atoms with E-state index in [0.29, 0.717) is 24.2 Å². The number of benzene rings is 2. The summed E-state index contributed by atoms with van der Waals surface area (Å²) in [6.45, 7) is 3.99. The SMILES string of the molecule is Cc1ccc(S(=O)(=O)N[C@@H]2CCN(c3ccc(F)cc3)C2=O)c(C)c1. The summed E-state index contributed by atoms with van der Waals surface area (Å²) in [4.78, 5) is 14.2. The van der Waals surface area contributed by atoms with E-state index in [4.69, 9.17) is 0 Å². The summed E-state index contributed by atoms with van der Waals surface area (Å²) in [7, 11) is -3.79. The number of nitrogens with zero attached hydrogens (tertiary/aromatic N) is 1. The molecule has 0 aromatic heterocycles. The van der Waals surface area contributed by atoms with Crippen molar-refractivity contribution in [3.8, 4) is 0 Å². The van der Waals surface area contributed by atoms with Crippen LogP contribution in [-0.2, 0) is 14.8 Å². The van der Waals surface area contributed by atoms with Crippen LogP contribution in [0.5, 0.6) is 0 Å². The highest BCUT2D eigenvalue weighted by Crippen LogP contribution is 2.24. The van der Waals surface area contributed by atoms with Crippen molar-refractivity contribution in [2.75, 3.05) is 11.4 Å². The van der Waals surface area contributed by atoms with Crippen molar-refractivity contribution in [2.45, 2.75) is 31.2 Å². The molecule has 1 heterocycles. The Bertz CT molecular complexity index is 910. The number of carbonyl (C=O) groups excluding carboxylic acids is 1. The molecule has 1 amide bonds. The van der Waals surface area contributed by atoms with Crippen molar-refractivity contribution in [3.05, 3.63) is 59.4 Å². The van der Waals surface area contributed by atoms with Gasteiger partial charge in [0.15, 0.2) is 0 Å². The quantitative estimate of drug-likeness (QED) is 0.909. The Morgan fingerprint density at radius 2 is 1.80 bits per heavy atom. The second-order valence-electron chi connectivity index (χ2n) is 6.20. The Morgan fingerprint density at radius 3 is 2.44 bits per heavy atom. The molecule has 1 aliphatic heterocycles. The lowest BCUT2D eigenvalue weighted by atomic mass is 10.2. The van der Waals surface area contributed by atoms with Crippen molar-refractivity contribution in [1.82, 2.24) is 4.72 Å². The molecule has 25 heavy (non-hydrogen) atoms. The highest BCUT2D eigenvalue weighted by molar-refractivity contribution is 7.89. The lowest BCUT2D eigenvalue weighted by Crippen LogP contribution is -2.41. The molecule has 7 heteroatoms. The van der Waals surface area contributed by atoms with Gasteiger partial charge in [-0.25, -0.2) is 12.8 Å². The fourth-order valence-corrected chi connectivity index (χ4v) is 4.47. The van der Waals surface area contributed by atoms with E-state index >= 15 is 0 Å². The molecule has 2 aromatic carbocycles. The van der Waals surface area contributed by atoms with Gasteiger partial charge in [0.05, 0.1) is 4.90 Å². The van der Waals surface area contributed by atoms with Crippen LogP contribution >= 0.6 is 0 Å². The number of carbonyl (C=O) groups is 1. The highest BCUT2D eigenvalue weighted by Gasteiger charge is 2.36. The maximum atomic E-state index is 13.0. The van der Waals surface area contributed by atoms with E-state index in [1.807, 2.05) is 6.92 Å². The first-order valence-corrected chi connectivity index (χ1v) is 9.43. The van der Waals surface area contributed by atoms with E-state index < -0.39 is 16.1 Å². The molecule has 1 aliphatic rings. The van der Waals surface area contributed by atoms with Gasteiger partial charge in [0, 0.05) is 12.2 Å². The van der Waals surface area contributed by atoms with Gasteiger partial charge in [-0.1, -0.05) is 17.7 Å². The first kappa shape index (κ1) is 17.6. The van der Waals surface area contributed by atoms with Crippen molar-refractivity contribution >= 4 is 21.6 Å². The monoisotopic (exact) mass is 362 g/mol. The molecule has 2 aromatic rings. The summed E-state index contributed by atoms with van der Waals surface area (Å²) >= 11 is 0. The molecule has 0 aliphatic carbocycles. The molecular formula is C18H19FN2O3S. The van der Waals surface area contributed by atoms with Crippen LogP contribution in [0.4, 0.5) is 10.1 Å². The molecular weight excluding hydrogens is 343 g/mol. The van der Waals surface area contributed by atoms with Crippen LogP contribution in [-0.4, -0.2) is 26.9 Å². The number of sulfonamides is 1. The van der Waals surface area contributed by atoms with Crippen LogP contribution in [0.25, 0.3) is 0 Å². The van der Waals surface area contributed by atoms with Gasteiger partial charge < -0.3 is 4.90 Å². The van der Waals surface area contributed by atoms with Gasteiger partial charge in [0.1, 0.15) is 11.9 Å². The Morgan fingerprint density at radius 1 is 1.12 bits per heavy atom. The fraction of sp³-hybridized carbons (Fsp3) is 0.278. The van der Waals surface area contributed by atoms with Crippen LogP contribution in [0.2, 0.25) is 0 Å². The van der Waals surface area contributed by atoms with E-state index in [1.165, 1.54) is 29.2 Å². The van der Waals surface area contributed by atoms with E-state index in [1.54, 1.807) is 25.1 Å². The number of nitrogens with one attached hydrogen (secondary N) is 1. The Hall–Kier alpha value is -2.25. The summed E-state index contributed by atoms with van der Waals surface area (Å²) < 4.78 is 40.8. The lowest BCUT2D eigenvalue weighted by Gasteiger charge is -2.17. The van der Waals surface area contributed by atoms with Gasteiger partial charge in [0.2, 0.25) is 15.9 Å². The van der Waals surface area contributed by atoms with E-state index in [2.05, 4.69) is 4.72 Å². The van der Waals surface area contributed by atoms with Gasteiger partial charge in [-0.05, 0) is 56.2 Å². The molecule has 0 unspecified atom stereocenters. The summed E-state index contributed by atoms with van der Waals surface area (Å²) in [5, 5.41) is 0. The van der Waals surface area contributed by atoms with Gasteiger partial charge in [-0.3, -0.25) is 4.79 Å². The molecule has 0 bridgehead atoms. The first-order chi connectivity index (χ1) is 11.8. The number of halogens is 1. The third-order valence-electron chi connectivity index (χ3n) is 4.26. The predicted octanol–water partition coefficient (Wildman–Crippen LogP) is 2.53. The second-order valence-corrected chi connectivity index (χ2v) is 7.88. The maximum Gasteiger partial charge on any atom is 0.245 e. The van der Waals surface area contributed by atoms with Crippen LogP contribution in [0, 0.1) is 19.7 Å². The van der Waals surface area contributed by atoms with E-state index in [9.17, 15) is 17.6 Å².